The first-order valence-electron chi connectivity index (χ1n) is 8.29. The molecule has 0 atom stereocenters. The molecule has 8 heteroatoms. The smallest absolute Gasteiger partial charge is 0.332 e. The number of ether oxygens (including phenoxy) is 1. The first-order chi connectivity index (χ1) is 13.2. The van der Waals surface area contributed by atoms with Crippen molar-refractivity contribution in [3.63, 3.8) is 0 Å². The summed E-state index contributed by atoms with van der Waals surface area (Å²) in [6, 6.07) is 13.0. The van der Waals surface area contributed by atoms with Gasteiger partial charge in [0.25, 0.3) is 0 Å². The van der Waals surface area contributed by atoms with E-state index in [1.807, 2.05) is 36.4 Å². The highest BCUT2D eigenvalue weighted by molar-refractivity contribution is 5.81. The van der Waals surface area contributed by atoms with E-state index < -0.39 is 0 Å². The fourth-order valence-corrected chi connectivity index (χ4v) is 3.15. The SMILES string of the molecule is COc1ccccc1-n1c(=O)[nH]c2cnc(-c3ccc4nc[nH]c4c3)nc21. The number of rotatable bonds is 3. The molecule has 0 aliphatic heterocycles. The van der Waals surface area contributed by atoms with Gasteiger partial charge in [-0.3, -0.25) is 0 Å². The number of methoxy groups -OCH3 is 1. The fourth-order valence-electron chi connectivity index (χ4n) is 3.15. The number of imidazole rings is 2. The molecule has 0 amide bonds. The molecule has 0 bridgehead atoms. The zero-order valence-electron chi connectivity index (χ0n) is 14.3. The van der Waals surface area contributed by atoms with Crippen LogP contribution in [0.25, 0.3) is 39.3 Å². The summed E-state index contributed by atoms with van der Waals surface area (Å²) in [6.07, 6.45) is 3.26. The lowest BCUT2D eigenvalue weighted by Crippen LogP contribution is -2.15. The maximum absolute atomic E-state index is 12.6. The van der Waals surface area contributed by atoms with Gasteiger partial charge in [0, 0.05) is 5.56 Å². The Morgan fingerprint density at radius 2 is 1.96 bits per heavy atom. The fraction of sp³-hybridized carbons (Fsp3) is 0.0526. The lowest BCUT2D eigenvalue weighted by molar-refractivity contribution is 0.413. The number of aromatic nitrogens is 6. The lowest BCUT2D eigenvalue weighted by atomic mass is 10.2. The van der Waals surface area contributed by atoms with E-state index in [4.69, 9.17) is 4.74 Å². The van der Waals surface area contributed by atoms with Crippen molar-refractivity contribution in [2.45, 2.75) is 0 Å². The van der Waals surface area contributed by atoms with Crippen LogP contribution in [0.15, 0.2) is 59.8 Å². The molecule has 132 valence electrons. The minimum Gasteiger partial charge on any atom is -0.495 e. The largest absolute Gasteiger partial charge is 0.495 e. The molecule has 5 aromatic rings. The Hall–Kier alpha value is -3.94. The summed E-state index contributed by atoms with van der Waals surface area (Å²) >= 11 is 0. The second kappa shape index (κ2) is 5.80. The van der Waals surface area contributed by atoms with Crippen molar-refractivity contribution in [2.75, 3.05) is 7.11 Å². The Morgan fingerprint density at radius 3 is 2.85 bits per heavy atom. The van der Waals surface area contributed by atoms with E-state index in [0.717, 1.165) is 16.6 Å². The molecule has 0 fully saturated rings. The molecule has 0 aliphatic rings. The van der Waals surface area contributed by atoms with Crippen LogP contribution in [0.2, 0.25) is 0 Å². The van der Waals surface area contributed by atoms with Gasteiger partial charge in [0.15, 0.2) is 11.5 Å². The van der Waals surface area contributed by atoms with Crippen molar-refractivity contribution in [2.24, 2.45) is 0 Å². The average molecular weight is 358 g/mol. The first-order valence-corrected chi connectivity index (χ1v) is 8.29. The van der Waals surface area contributed by atoms with Crippen LogP contribution in [0.5, 0.6) is 5.75 Å². The van der Waals surface area contributed by atoms with E-state index in [1.165, 1.54) is 4.57 Å². The van der Waals surface area contributed by atoms with Gasteiger partial charge in [-0.15, -0.1) is 0 Å². The van der Waals surface area contributed by atoms with E-state index in [2.05, 4.69) is 24.9 Å². The van der Waals surface area contributed by atoms with Crippen LogP contribution >= 0.6 is 0 Å². The van der Waals surface area contributed by atoms with Crippen LogP contribution in [0.4, 0.5) is 0 Å². The van der Waals surface area contributed by atoms with Gasteiger partial charge in [0.1, 0.15) is 11.3 Å². The van der Waals surface area contributed by atoms with E-state index in [-0.39, 0.29) is 5.69 Å². The molecule has 3 heterocycles. The molecule has 0 radical (unpaired) electrons. The van der Waals surface area contributed by atoms with Gasteiger partial charge in [-0.2, -0.15) is 0 Å². The van der Waals surface area contributed by atoms with Crippen molar-refractivity contribution in [1.29, 1.82) is 0 Å². The number of fused-ring (bicyclic) bond motifs is 2. The summed E-state index contributed by atoms with van der Waals surface area (Å²) in [5, 5.41) is 0. The Labute approximate surface area is 152 Å². The summed E-state index contributed by atoms with van der Waals surface area (Å²) in [6.45, 7) is 0. The van der Waals surface area contributed by atoms with Crippen molar-refractivity contribution in [3.8, 4) is 22.8 Å². The number of aromatic amines is 2. The Balaban J connectivity index is 1.74. The standard InChI is InChI=1S/C19H14N6O2/c1-27-16-5-3-2-4-15(16)25-18-14(23-19(25)26)9-20-17(24-18)11-6-7-12-13(8-11)22-10-21-12/h2-10H,1H3,(H,21,22)(H,23,26). The summed E-state index contributed by atoms with van der Waals surface area (Å²) in [5.41, 5.74) is 3.94. The maximum Gasteiger partial charge on any atom is 0.332 e. The summed E-state index contributed by atoms with van der Waals surface area (Å²) in [7, 11) is 1.57. The van der Waals surface area contributed by atoms with Crippen LogP contribution in [0, 0.1) is 0 Å². The summed E-state index contributed by atoms with van der Waals surface area (Å²) in [5.74, 6) is 1.10. The summed E-state index contributed by atoms with van der Waals surface area (Å²) in [4.78, 5) is 31.7. The van der Waals surface area contributed by atoms with E-state index in [1.54, 1.807) is 25.7 Å². The Bertz CT molecular complexity index is 1350. The third-order valence-corrected chi connectivity index (χ3v) is 4.43. The van der Waals surface area contributed by atoms with E-state index in [0.29, 0.717) is 28.4 Å². The van der Waals surface area contributed by atoms with Crippen LogP contribution in [0.3, 0.4) is 0 Å². The van der Waals surface area contributed by atoms with E-state index >= 15 is 0 Å². The molecular formula is C19H14N6O2. The highest BCUT2D eigenvalue weighted by Crippen LogP contribution is 2.25. The van der Waals surface area contributed by atoms with Gasteiger partial charge in [-0.25, -0.2) is 24.3 Å². The summed E-state index contributed by atoms with van der Waals surface area (Å²) < 4.78 is 6.89. The number of hydrogen-bond donors (Lipinski definition) is 2. The maximum atomic E-state index is 12.6. The van der Waals surface area contributed by atoms with E-state index in [9.17, 15) is 4.79 Å². The zero-order valence-corrected chi connectivity index (χ0v) is 14.3. The third-order valence-electron chi connectivity index (χ3n) is 4.43. The van der Waals surface area contributed by atoms with Crippen molar-refractivity contribution in [3.05, 3.63) is 65.5 Å². The number of nitrogens with zero attached hydrogens (tertiary/aromatic N) is 4. The molecule has 0 spiro atoms. The van der Waals surface area contributed by atoms with Crippen LogP contribution in [-0.2, 0) is 0 Å². The van der Waals surface area contributed by atoms with Gasteiger partial charge in [-0.1, -0.05) is 12.1 Å². The number of hydrogen-bond acceptors (Lipinski definition) is 5. The average Bonchev–Trinajstić information content (AvgIpc) is 3.30. The number of para-hydroxylation sites is 2. The van der Waals surface area contributed by atoms with Gasteiger partial charge in [-0.05, 0) is 30.3 Å². The molecular weight excluding hydrogens is 344 g/mol. The molecule has 2 N–H and O–H groups in total. The monoisotopic (exact) mass is 358 g/mol. The highest BCUT2D eigenvalue weighted by atomic mass is 16.5. The van der Waals surface area contributed by atoms with Crippen LogP contribution in [-0.4, -0.2) is 36.6 Å². The molecule has 5 rings (SSSR count). The lowest BCUT2D eigenvalue weighted by Gasteiger charge is -2.09. The molecule has 2 aromatic carbocycles. The number of nitrogens with one attached hydrogen (secondary N) is 2. The topological polar surface area (TPSA) is 101 Å². The predicted molar refractivity (Wildman–Crippen MR) is 101 cm³/mol. The van der Waals surface area contributed by atoms with Gasteiger partial charge in [0.2, 0.25) is 0 Å². The predicted octanol–water partition coefficient (Wildman–Crippen LogP) is 2.66. The van der Waals surface area contributed by atoms with Crippen molar-refractivity contribution < 1.29 is 4.74 Å². The molecule has 8 nitrogen and oxygen atoms in total. The molecule has 27 heavy (non-hydrogen) atoms. The molecule has 0 saturated heterocycles. The normalized spacial score (nSPS) is 11.3. The van der Waals surface area contributed by atoms with Crippen LogP contribution in [0.1, 0.15) is 0 Å². The highest BCUT2D eigenvalue weighted by Gasteiger charge is 2.15. The minimum absolute atomic E-state index is 0.301. The quantitative estimate of drug-likeness (QED) is 0.516. The van der Waals surface area contributed by atoms with Gasteiger partial charge in [0.05, 0.1) is 36.4 Å². The minimum atomic E-state index is -0.301. The Kier molecular flexibility index (Phi) is 3.29. The first kappa shape index (κ1) is 15.3. The van der Waals surface area contributed by atoms with Crippen molar-refractivity contribution >= 4 is 22.2 Å². The van der Waals surface area contributed by atoms with Gasteiger partial charge < -0.3 is 14.7 Å². The second-order valence-electron chi connectivity index (χ2n) is 6.00. The number of H-pyrrole nitrogens is 2. The molecule has 0 saturated carbocycles. The molecule has 3 aromatic heterocycles. The third kappa shape index (κ3) is 2.38. The zero-order chi connectivity index (χ0) is 18.4. The second-order valence-corrected chi connectivity index (χ2v) is 6.00. The Morgan fingerprint density at radius 1 is 1.07 bits per heavy atom. The number of benzene rings is 2. The molecule has 0 aliphatic carbocycles. The van der Waals surface area contributed by atoms with Crippen molar-refractivity contribution in [1.82, 2.24) is 29.5 Å². The van der Waals surface area contributed by atoms with Crippen LogP contribution < -0.4 is 10.4 Å². The van der Waals surface area contributed by atoms with Gasteiger partial charge >= 0.3 is 5.69 Å². The molecule has 0 unspecified atom stereocenters.